The van der Waals surface area contributed by atoms with Crippen molar-refractivity contribution in [2.75, 3.05) is 32.7 Å². The van der Waals surface area contributed by atoms with Crippen LogP contribution >= 0.6 is 23.4 Å². The molecule has 0 fully saturated rings. The third-order valence-electron chi connectivity index (χ3n) is 11.5. The van der Waals surface area contributed by atoms with Crippen molar-refractivity contribution in [2.45, 2.75) is 43.4 Å². The Morgan fingerprint density at radius 1 is 0.683 bits per heavy atom. The van der Waals surface area contributed by atoms with Crippen LogP contribution in [-0.2, 0) is 31.1 Å². The van der Waals surface area contributed by atoms with Crippen LogP contribution in [0.1, 0.15) is 51.3 Å². The maximum Gasteiger partial charge on any atom is 0.410 e. The average molecular weight is 837 g/mol. The lowest BCUT2D eigenvalue weighted by molar-refractivity contribution is -0.163. The topological polar surface area (TPSA) is 76.2 Å². The minimum atomic E-state index is -1.46. The average Bonchev–Trinajstić information content (AvgIpc) is 3.60. The molecule has 1 unspecified atom stereocenters. The van der Waals surface area contributed by atoms with Crippen LogP contribution in [0.4, 0.5) is 4.79 Å². The first kappa shape index (κ1) is 42.3. The van der Waals surface area contributed by atoms with Gasteiger partial charge in [-0.25, -0.2) is 9.59 Å². The van der Waals surface area contributed by atoms with Gasteiger partial charge in [0.2, 0.25) is 5.91 Å². The summed E-state index contributed by atoms with van der Waals surface area (Å²) in [6.45, 7) is 2.10. The first-order valence-electron chi connectivity index (χ1n) is 20.1. The Morgan fingerprint density at radius 2 is 1.23 bits per heavy atom. The number of esters is 1. The lowest BCUT2D eigenvalue weighted by atomic mass is 9.79. The first-order chi connectivity index (χ1) is 29.1. The van der Waals surface area contributed by atoms with Crippen LogP contribution in [0.15, 0.2) is 158 Å². The van der Waals surface area contributed by atoms with Crippen LogP contribution in [-0.4, -0.2) is 72.6 Å². The van der Waals surface area contributed by atoms with Crippen LogP contribution < -0.4 is 0 Å². The van der Waals surface area contributed by atoms with E-state index in [0.29, 0.717) is 33.9 Å². The first-order valence-corrected chi connectivity index (χ1v) is 21.9. The van der Waals surface area contributed by atoms with Gasteiger partial charge < -0.3 is 14.4 Å². The molecule has 0 bridgehead atoms. The van der Waals surface area contributed by atoms with Gasteiger partial charge in [0.05, 0.1) is 0 Å². The van der Waals surface area contributed by atoms with E-state index in [1.165, 1.54) is 9.80 Å². The SMILES string of the molecule is CSCC[C@@H](C(=O)OC(c1ccccc1)(c1ccc(C)cc1)c1ccccc1Cl)N(C)C(=O)[C@H](Cc1ccccc1)N(C)C(=O)OCC1c2ccccc2-c2ccccc21. The normalized spacial score (nSPS) is 13.9. The number of likely N-dealkylation sites (N-methyl/N-ethyl adjacent to an activating group) is 2. The second kappa shape index (κ2) is 19.0. The van der Waals surface area contributed by atoms with Crippen molar-refractivity contribution in [3.63, 3.8) is 0 Å². The largest absolute Gasteiger partial charge is 0.448 e. The summed E-state index contributed by atoms with van der Waals surface area (Å²) in [6.07, 6.45) is 1.82. The smallest absolute Gasteiger partial charge is 0.410 e. The highest BCUT2D eigenvalue weighted by Gasteiger charge is 2.45. The number of nitrogens with zero attached hydrogens (tertiary/aromatic N) is 2. The number of hydrogen-bond acceptors (Lipinski definition) is 6. The molecule has 0 aliphatic heterocycles. The molecular formula is C51H49ClN2O5S. The zero-order valence-electron chi connectivity index (χ0n) is 34.3. The number of thioether (sulfide) groups is 1. The van der Waals surface area contributed by atoms with E-state index in [9.17, 15) is 9.59 Å². The van der Waals surface area contributed by atoms with Gasteiger partial charge in [0.1, 0.15) is 18.7 Å². The highest BCUT2D eigenvalue weighted by atomic mass is 35.5. The minimum absolute atomic E-state index is 0.102. The Kier molecular flexibility index (Phi) is 13.4. The van der Waals surface area contributed by atoms with Crippen LogP contribution in [0, 0.1) is 6.92 Å². The molecule has 306 valence electrons. The van der Waals surface area contributed by atoms with Crippen LogP contribution in [0.2, 0.25) is 5.02 Å². The van der Waals surface area contributed by atoms with E-state index < -0.39 is 35.7 Å². The highest BCUT2D eigenvalue weighted by Crippen LogP contribution is 2.46. The van der Waals surface area contributed by atoms with Gasteiger partial charge in [0.15, 0.2) is 5.60 Å². The summed E-state index contributed by atoms with van der Waals surface area (Å²) < 4.78 is 12.9. The Labute approximate surface area is 362 Å². The summed E-state index contributed by atoms with van der Waals surface area (Å²) in [5.41, 5.74) is 6.85. The summed E-state index contributed by atoms with van der Waals surface area (Å²) in [6, 6.07) is 48.6. The molecule has 2 amide bonds. The van der Waals surface area contributed by atoms with Gasteiger partial charge in [0.25, 0.3) is 0 Å². The number of carbonyl (C=O) groups is 3. The molecule has 0 aromatic heterocycles. The van der Waals surface area contributed by atoms with Crippen molar-refractivity contribution in [1.29, 1.82) is 0 Å². The van der Waals surface area contributed by atoms with E-state index in [-0.39, 0.29) is 18.9 Å². The molecule has 0 radical (unpaired) electrons. The molecule has 0 N–H and O–H groups in total. The van der Waals surface area contributed by atoms with Crippen molar-refractivity contribution in [3.05, 3.63) is 202 Å². The molecule has 0 heterocycles. The molecule has 7 nitrogen and oxygen atoms in total. The number of hydrogen-bond donors (Lipinski definition) is 0. The Hall–Kier alpha value is -5.83. The highest BCUT2D eigenvalue weighted by molar-refractivity contribution is 7.98. The Bertz CT molecular complexity index is 2380. The van der Waals surface area contributed by atoms with E-state index in [4.69, 9.17) is 21.1 Å². The van der Waals surface area contributed by atoms with E-state index in [0.717, 1.165) is 33.4 Å². The van der Waals surface area contributed by atoms with Gasteiger partial charge in [-0.15, -0.1) is 0 Å². The van der Waals surface area contributed by atoms with E-state index >= 15 is 4.79 Å². The second-order valence-electron chi connectivity index (χ2n) is 15.2. The minimum Gasteiger partial charge on any atom is -0.448 e. The fourth-order valence-electron chi connectivity index (χ4n) is 8.22. The Balaban J connectivity index is 1.21. The molecule has 0 saturated heterocycles. The number of amides is 2. The third kappa shape index (κ3) is 8.72. The molecule has 1 aliphatic carbocycles. The van der Waals surface area contributed by atoms with Crippen LogP contribution in [0.25, 0.3) is 11.1 Å². The van der Waals surface area contributed by atoms with Crippen LogP contribution in [0.3, 0.4) is 0 Å². The van der Waals surface area contributed by atoms with Gasteiger partial charge in [-0.05, 0) is 59.2 Å². The monoisotopic (exact) mass is 836 g/mol. The summed E-state index contributed by atoms with van der Waals surface area (Å²) in [5, 5.41) is 0.424. The predicted molar refractivity (Wildman–Crippen MR) is 241 cm³/mol. The summed E-state index contributed by atoms with van der Waals surface area (Å²) in [5.74, 6) is -0.608. The standard InChI is InChI=1S/C51H49ClN2O5S/c1-35-27-29-38(30-28-35)51(37-19-9-6-10-20-37,44-25-15-16-26-45(44)52)59-49(56)46(31-32-60-4)53(2)48(55)47(33-36-17-7-5-8-18-36)54(3)50(57)58-34-43-41-23-13-11-21-39(41)40-22-12-14-24-42(40)43/h5-30,43,46-47H,31-34H2,1-4H3/t46-,47-,51?/m0/s1. The van der Waals surface area contributed by atoms with Crippen molar-refractivity contribution in [3.8, 4) is 11.1 Å². The summed E-state index contributed by atoms with van der Waals surface area (Å²) in [4.78, 5) is 47.0. The van der Waals surface area contributed by atoms with Crippen molar-refractivity contribution >= 4 is 41.3 Å². The summed E-state index contributed by atoms with van der Waals surface area (Å²) >= 11 is 8.56. The van der Waals surface area contributed by atoms with Gasteiger partial charge in [-0.2, -0.15) is 11.8 Å². The van der Waals surface area contributed by atoms with E-state index in [1.807, 2.05) is 141 Å². The molecular weight excluding hydrogens is 788 g/mol. The molecule has 6 aromatic rings. The zero-order chi connectivity index (χ0) is 42.2. The molecule has 9 heteroatoms. The van der Waals surface area contributed by atoms with Crippen molar-refractivity contribution in [2.24, 2.45) is 0 Å². The van der Waals surface area contributed by atoms with Gasteiger partial charge in [0, 0.05) is 48.1 Å². The lowest BCUT2D eigenvalue weighted by Crippen LogP contribution is -2.55. The molecule has 0 saturated carbocycles. The fraction of sp³-hybridized carbons (Fsp3) is 0.235. The van der Waals surface area contributed by atoms with Gasteiger partial charge in [-0.3, -0.25) is 9.69 Å². The maximum absolute atomic E-state index is 15.1. The number of halogens is 1. The van der Waals surface area contributed by atoms with Crippen LogP contribution in [0.5, 0.6) is 0 Å². The molecule has 1 aliphatic rings. The Morgan fingerprint density at radius 3 is 1.85 bits per heavy atom. The quantitative estimate of drug-likeness (QED) is 0.0758. The number of aryl methyl sites for hydroxylation is 1. The molecule has 0 spiro atoms. The zero-order valence-corrected chi connectivity index (χ0v) is 35.9. The third-order valence-corrected chi connectivity index (χ3v) is 12.4. The number of ether oxygens (including phenoxy) is 2. The predicted octanol–water partition coefficient (Wildman–Crippen LogP) is 10.6. The number of fused-ring (bicyclic) bond motifs is 3. The molecule has 3 atom stereocenters. The number of benzene rings is 6. The second-order valence-corrected chi connectivity index (χ2v) is 16.6. The number of carbonyl (C=O) groups excluding carboxylic acids is 3. The van der Waals surface area contributed by atoms with Crippen molar-refractivity contribution in [1.82, 2.24) is 9.80 Å². The van der Waals surface area contributed by atoms with E-state index in [1.54, 1.807) is 31.9 Å². The fourth-order valence-corrected chi connectivity index (χ4v) is 8.94. The van der Waals surface area contributed by atoms with E-state index in [2.05, 4.69) is 24.3 Å². The van der Waals surface area contributed by atoms with Gasteiger partial charge in [-0.1, -0.05) is 169 Å². The molecule has 7 rings (SSSR count). The van der Waals surface area contributed by atoms with Crippen molar-refractivity contribution < 1.29 is 23.9 Å². The summed E-state index contributed by atoms with van der Waals surface area (Å²) in [7, 11) is 3.20. The lowest BCUT2D eigenvalue weighted by Gasteiger charge is -2.39. The molecule has 60 heavy (non-hydrogen) atoms. The maximum atomic E-state index is 15.1. The van der Waals surface area contributed by atoms with Gasteiger partial charge >= 0.3 is 12.1 Å². The number of rotatable bonds is 15. The molecule has 6 aromatic carbocycles.